The van der Waals surface area contributed by atoms with Crippen LogP contribution >= 0.6 is 22.9 Å². The van der Waals surface area contributed by atoms with Gasteiger partial charge in [0.05, 0.1) is 5.69 Å². The fraction of sp³-hybridized carbons (Fsp3) is 0.100. The molecular formula is C10H8ClNOS. The maximum atomic E-state index is 10.7. The molecule has 0 radical (unpaired) electrons. The maximum absolute atomic E-state index is 10.7. The third-order valence-electron chi connectivity index (χ3n) is 2.16. The van der Waals surface area contributed by atoms with E-state index < -0.39 is 0 Å². The largest absolute Gasteiger partial charge is 0.398 e. The first-order chi connectivity index (χ1) is 6.77. The summed E-state index contributed by atoms with van der Waals surface area (Å²) in [7, 11) is 0. The van der Waals surface area contributed by atoms with E-state index in [2.05, 4.69) is 0 Å². The molecule has 72 valence electrons. The summed E-state index contributed by atoms with van der Waals surface area (Å²) in [6.07, 6.45) is 0.768. The molecule has 0 bridgehead atoms. The van der Waals surface area contributed by atoms with Crippen molar-refractivity contribution in [2.24, 2.45) is 0 Å². The standard InChI is InChI=1S/C10H8ClNOS/c11-3-7-5-14-8-2-1-6(4-13)10(12)9(7)8/h1-2,4-5H,3,12H2. The number of alkyl halides is 1. The first-order valence-corrected chi connectivity index (χ1v) is 5.49. The third kappa shape index (κ3) is 1.29. The Kier molecular flexibility index (Phi) is 2.44. The van der Waals surface area contributed by atoms with Crippen molar-refractivity contribution in [3.05, 3.63) is 28.6 Å². The lowest BCUT2D eigenvalue weighted by atomic mass is 10.1. The van der Waals surface area contributed by atoms with Crippen molar-refractivity contribution < 1.29 is 4.79 Å². The molecule has 0 aliphatic heterocycles. The number of nitrogen functional groups attached to an aromatic ring is 1. The molecule has 1 heterocycles. The molecule has 0 saturated heterocycles. The molecule has 0 spiro atoms. The van der Waals surface area contributed by atoms with Crippen LogP contribution in [0.5, 0.6) is 0 Å². The molecular weight excluding hydrogens is 218 g/mol. The highest BCUT2D eigenvalue weighted by Crippen LogP contribution is 2.33. The minimum Gasteiger partial charge on any atom is -0.398 e. The molecule has 0 aliphatic carbocycles. The molecule has 0 saturated carbocycles. The summed E-state index contributed by atoms with van der Waals surface area (Å²) in [5, 5.41) is 2.90. The van der Waals surface area contributed by atoms with Gasteiger partial charge in [-0.2, -0.15) is 0 Å². The van der Waals surface area contributed by atoms with Gasteiger partial charge in [0.2, 0.25) is 0 Å². The predicted molar refractivity (Wildman–Crippen MR) is 61.2 cm³/mol. The van der Waals surface area contributed by atoms with Crippen LogP contribution in [0.2, 0.25) is 0 Å². The van der Waals surface area contributed by atoms with E-state index in [-0.39, 0.29) is 0 Å². The minimum absolute atomic E-state index is 0.423. The molecule has 2 N–H and O–H groups in total. The summed E-state index contributed by atoms with van der Waals surface area (Å²) in [4.78, 5) is 10.7. The summed E-state index contributed by atoms with van der Waals surface area (Å²) in [5.74, 6) is 0.423. The summed E-state index contributed by atoms with van der Waals surface area (Å²) in [5.41, 5.74) is 7.93. The van der Waals surface area contributed by atoms with Gasteiger partial charge in [-0.25, -0.2) is 0 Å². The number of thiophene rings is 1. The number of halogens is 1. The van der Waals surface area contributed by atoms with Crippen LogP contribution in [0.4, 0.5) is 5.69 Å². The Labute approximate surface area is 90.3 Å². The Morgan fingerprint density at radius 2 is 2.29 bits per heavy atom. The van der Waals surface area contributed by atoms with Crippen molar-refractivity contribution in [1.82, 2.24) is 0 Å². The van der Waals surface area contributed by atoms with Crippen molar-refractivity contribution in [2.75, 3.05) is 5.73 Å². The van der Waals surface area contributed by atoms with E-state index in [0.29, 0.717) is 17.1 Å². The Balaban J connectivity index is 2.83. The van der Waals surface area contributed by atoms with Gasteiger partial charge < -0.3 is 5.73 Å². The topological polar surface area (TPSA) is 43.1 Å². The number of anilines is 1. The molecule has 14 heavy (non-hydrogen) atoms. The van der Waals surface area contributed by atoms with Crippen LogP contribution in [-0.4, -0.2) is 6.29 Å². The van der Waals surface area contributed by atoms with Gasteiger partial charge >= 0.3 is 0 Å². The van der Waals surface area contributed by atoms with Gasteiger partial charge in [-0.05, 0) is 23.1 Å². The average Bonchev–Trinajstić information content (AvgIpc) is 2.62. The van der Waals surface area contributed by atoms with E-state index in [1.54, 1.807) is 17.4 Å². The zero-order valence-electron chi connectivity index (χ0n) is 7.29. The van der Waals surface area contributed by atoms with Crippen molar-refractivity contribution >= 4 is 45.0 Å². The lowest BCUT2D eigenvalue weighted by molar-refractivity contribution is 0.112. The third-order valence-corrected chi connectivity index (χ3v) is 3.45. The van der Waals surface area contributed by atoms with Gasteiger partial charge in [0.15, 0.2) is 6.29 Å². The molecule has 0 aliphatic rings. The number of fused-ring (bicyclic) bond motifs is 1. The molecule has 0 fully saturated rings. The number of hydrogen-bond acceptors (Lipinski definition) is 3. The van der Waals surface area contributed by atoms with E-state index in [0.717, 1.165) is 21.9 Å². The fourth-order valence-electron chi connectivity index (χ4n) is 1.44. The van der Waals surface area contributed by atoms with Gasteiger partial charge in [0.1, 0.15) is 0 Å². The highest BCUT2D eigenvalue weighted by Gasteiger charge is 2.09. The summed E-state index contributed by atoms with van der Waals surface area (Å²) in [6, 6.07) is 3.63. The number of nitrogens with two attached hydrogens (primary N) is 1. The zero-order valence-corrected chi connectivity index (χ0v) is 8.86. The lowest BCUT2D eigenvalue weighted by Gasteiger charge is -2.01. The predicted octanol–water partition coefficient (Wildman–Crippen LogP) is 3.03. The molecule has 0 amide bonds. The Morgan fingerprint density at radius 3 is 2.93 bits per heavy atom. The van der Waals surface area contributed by atoms with E-state index in [1.807, 2.05) is 11.4 Å². The van der Waals surface area contributed by atoms with Crippen LogP contribution in [0.3, 0.4) is 0 Å². The summed E-state index contributed by atoms with van der Waals surface area (Å²) in [6.45, 7) is 0. The van der Waals surface area contributed by atoms with Crippen molar-refractivity contribution in [1.29, 1.82) is 0 Å². The fourth-order valence-corrected chi connectivity index (χ4v) is 2.72. The Hall–Kier alpha value is -1.06. The van der Waals surface area contributed by atoms with E-state index in [4.69, 9.17) is 17.3 Å². The van der Waals surface area contributed by atoms with Crippen LogP contribution in [-0.2, 0) is 5.88 Å². The van der Waals surface area contributed by atoms with Crippen molar-refractivity contribution in [3.8, 4) is 0 Å². The number of carbonyl (C=O) groups excluding carboxylic acids is 1. The summed E-state index contributed by atoms with van der Waals surface area (Å²) < 4.78 is 1.07. The molecule has 0 atom stereocenters. The first kappa shape index (κ1) is 9.49. The quantitative estimate of drug-likeness (QED) is 0.485. The monoisotopic (exact) mass is 225 g/mol. The molecule has 2 aromatic rings. The SMILES string of the molecule is Nc1c(C=O)ccc2scc(CCl)c12. The second-order valence-electron chi connectivity index (χ2n) is 2.95. The van der Waals surface area contributed by atoms with E-state index >= 15 is 0 Å². The highest BCUT2D eigenvalue weighted by molar-refractivity contribution is 7.17. The Morgan fingerprint density at radius 1 is 1.50 bits per heavy atom. The van der Waals surface area contributed by atoms with E-state index in [9.17, 15) is 4.79 Å². The number of benzene rings is 1. The molecule has 2 nitrogen and oxygen atoms in total. The molecule has 0 unspecified atom stereocenters. The highest BCUT2D eigenvalue weighted by atomic mass is 35.5. The van der Waals surface area contributed by atoms with Gasteiger partial charge in [0.25, 0.3) is 0 Å². The van der Waals surface area contributed by atoms with Crippen LogP contribution in [0.15, 0.2) is 17.5 Å². The Bertz CT molecular complexity index is 492. The number of rotatable bonds is 2. The lowest BCUT2D eigenvalue weighted by Crippen LogP contribution is -1.93. The van der Waals surface area contributed by atoms with Crippen LogP contribution < -0.4 is 5.73 Å². The molecule has 1 aromatic carbocycles. The number of aldehydes is 1. The zero-order chi connectivity index (χ0) is 10.1. The van der Waals surface area contributed by atoms with E-state index in [1.165, 1.54) is 0 Å². The average molecular weight is 226 g/mol. The maximum Gasteiger partial charge on any atom is 0.152 e. The normalized spacial score (nSPS) is 10.6. The smallest absolute Gasteiger partial charge is 0.152 e. The van der Waals surface area contributed by atoms with Gasteiger partial charge in [-0.15, -0.1) is 22.9 Å². The second kappa shape index (κ2) is 3.59. The molecule has 4 heteroatoms. The second-order valence-corrected chi connectivity index (χ2v) is 4.13. The van der Waals surface area contributed by atoms with Crippen LogP contribution in [0.1, 0.15) is 15.9 Å². The van der Waals surface area contributed by atoms with Gasteiger partial charge in [-0.3, -0.25) is 4.79 Å². The summed E-state index contributed by atoms with van der Waals surface area (Å²) >= 11 is 7.37. The number of carbonyl (C=O) groups is 1. The van der Waals surface area contributed by atoms with Gasteiger partial charge in [0, 0.05) is 21.5 Å². The number of hydrogen-bond donors (Lipinski definition) is 1. The van der Waals surface area contributed by atoms with Crippen molar-refractivity contribution in [2.45, 2.75) is 5.88 Å². The molecule has 2 rings (SSSR count). The van der Waals surface area contributed by atoms with Crippen LogP contribution in [0.25, 0.3) is 10.1 Å². The first-order valence-electron chi connectivity index (χ1n) is 4.07. The minimum atomic E-state index is 0.423. The molecule has 1 aromatic heterocycles. The van der Waals surface area contributed by atoms with Crippen molar-refractivity contribution in [3.63, 3.8) is 0 Å². The van der Waals surface area contributed by atoms with Crippen LogP contribution in [0, 0.1) is 0 Å². The van der Waals surface area contributed by atoms with Gasteiger partial charge in [-0.1, -0.05) is 0 Å².